The van der Waals surface area contributed by atoms with Gasteiger partial charge in [-0.15, -0.1) is 0 Å². The first kappa shape index (κ1) is 21.4. The fraction of sp³-hybridized carbons (Fsp3) is 0.136. The summed E-state index contributed by atoms with van der Waals surface area (Å²) in [6.07, 6.45) is -1.48. The number of nitrogens with one attached hydrogen (secondary N) is 1. The van der Waals surface area contributed by atoms with Gasteiger partial charge < -0.3 is 10.1 Å². The SMILES string of the molecule is COc1cc(-c2cc(F)cc(F)c2)cc2c(NCC(F)(F)F)nc(-c3cccnc3)nc12. The highest BCUT2D eigenvalue weighted by Crippen LogP contribution is 2.36. The van der Waals surface area contributed by atoms with Gasteiger partial charge >= 0.3 is 6.18 Å². The summed E-state index contributed by atoms with van der Waals surface area (Å²) in [4.78, 5) is 12.7. The first-order valence-corrected chi connectivity index (χ1v) is 9.31. The lowest BCUT2D eigenvalue weighted by atomic mass is 10.0. The zero-order chi connectivity index (χ0) is 22.9. The summed E-state index contributed by atoms with van der Waals surface area (Å²) < 4.78 is 71.6. The normalized spacial score (nSPS) is 11.6. The zero-order valence-electron chi connectivity index (χ0n) is 16.5. The molecule has 0 bridgehead atoms. The molecule has 0 spiro atoms. The van der Waals surface area contributed by atoms with Gasteiger partial charge in [0.15, 0.2) is 5.82 Å². The Morgan fingerprint density at radius 1 is 0.938 bits per heavy atom. The fourth-order valence-electron chi connectivity index (χ4n) is 3.19. The van der Waals surface area contributed by atoms with E-state index in [4.69, 9.17) is 4.74 Å². The Kier molecular flexibility index (Phi) is 5.60. The molecule has 2 aromatic carbocycles. The van der Waals surface area contributed by atoms with Crippen LogP contribution < -0.4 is 10.1 Å². The highest BCUT2D eigenvalue weighted by atomic mass is 19.4. The maximum Gasteiger partial charge on any atom is 0.405 e. The van der Waals surface area contributed by atoms with Crippen LogP contribution in [0.2, 0.25) is 0 Å². The van der Waals surface area contributed by atoms with Gasteiger partial charge in [0.25, 0.3) is 0 Å². The van der Waals surface area contributed by atoms with Crippen molar-refractivity contribution >= 4 is 16.7 Å². The summed E-state index contributed by atoms with van der Waals surface area (Å²) in [6, 6.07) is 9.21. The average molecular weight is 446 g/mol. The van der Waals surface area contributed by atoms with Gasteiger partial charge in [0, 0.05) is 29.4 Å². The number of aromatic nitrogens is 3. The molecule has 10 heteroatoms. The molecule has 0 aliphatic heterocycles. The third kappa shape index (κ3) is 4.58. The molecule has 0 saturated carbocycles. The van der Waals surface area contributed by atoms with Crippen molar-refractivity contribution in [1.29, 1.82) is 0 Å². The van der Waals surface area contributed by atoms with Crippen LogP contribution in [-0.2, 0) is 0 Å². The lowest BCUT2D eigenvalue weighted by Gasteiger charge is -2.15. The molecule has 2 heterocycles. The quantitative estimate of drug-likeness (QED) is 0.403. The Morgan fingerprint density at radius 3 is 2.28 bits per heavy atom. The van der Waals surface area contributed by atoms with Crippen LogP contribution in [0.1, 0.15) is 0 Å². The van der Waals surface area contributed by atoms with Gasteiger partial charge in [-0.3, -0.25) is 4.98 Å². The molecule has 0 aliphatic rings. The second-order valence-corrected chi connectivity index (χ2v) is 6.84. The lowest BCUT2D eigenvalue weighted by Crippen LogP contribution is -2.22. The Balaban J connectivity index is 1.96. The number of ether oxygens (including phenoxy) is 1. The monoisotopic (exact) mass is 446 g/mol. The Bertz CT molecular complexity index is 1260. The number of benzene rings is 2. The van der Waals surface area contributed by atoms with Gasteiger partial charge in [-0.25, -0.2) is 18.7 Å². The number of halogens is 5. The first-order valence-electron chi connectivity index (χ1n) is 9.31. The van der Waals surface area contributed by atoms with Crippen molar-refractivity contribution in [2.75, 3.05) is 19.0 Å². The molecule has 1 N–H and O–H groups in total. The number of methoxy groups -OCH3 is 1. The van der Waals surface area contributed by atoms with Crippen molar-refractivity contribution in [1.82, 2.24) is 15.0 Å². The van der Waals surface area contributed by atoms with E-state index in [9.17, 15) is 22.0 Å². The number of hydrogen-bond donors (Lipinski definition) is 1. The minimum Gasteiger partial charge on any atom is -0.494 e. The number of hydrogen-bond acceptors (Lipinski definition) is 5. The molecule has 0 atom stereocenters. The molecule has 0 fully saturated rings. The standard InChI is InChI=1S/C22H15F5N4O/c1-32-18-8-14(13-5-15(23)9-16(24)6-13)7-17-19(18)30-20(12-3-2-4-28-10-12)31-21(17)29-11-22(25,26)27/h2-10H,11H2,1H3,(H,29,30,31). The van der Waals surface area contributed by atoms with Crippen LogP contribution in [0.5, 0.6) is 5.75 Å². The molecule has 5 nitrogen and oxygen atoms in total. The van der Waals surface area contributed by atoms with E-state index < -0.39 is 24.4 Å². The van der Waals surface area contributed by atoms with Crippen molar-refractivity contribution in [3.63, 3.8) is 0 Å². The molecule has 2 aromatic heterocycles. The van der Waals surface area contributed by atoms with E-state index in [2.05, 4.69) is 20.3 Å². The van der Waals surface area contributed by atoms with Crippen LogP contribution in [0.4, 0.5) is 27.8 Å². The van der Waals surface area contributed by atoms with E-state index in [0.29, 0.717) is 11.1 Å². The topological polar surface area (TPSA) is 59.9 Å². The highest BCUT2D eigenvalue weighted by molar-refractivity contribution is 5.97. The third-order valence-electron chi connectivity index (χ3n) is 4.56. The van der Waals surface area contributed by atoms with E-state index in [-0.39, 0.29) is 33.9 Å². The Labute approximate surface area is 178 Å². The van der Waals surface area contributed by atoms with Crippen molar-refractivity contribution in [2.24, 2.45) is 0 Å². The van der Waals surface area contributed by atoms with Crippen LogP contribution in [0.3, 0.4) is 0 Å². The van der Waals surface area contributed by atoms with Crippen molar-refractivity contribution in [3.05, 3.63) is 66.5 Å². The van der Waals surface area contributed by atoms with E-state index in [1.807, 2.05) is 0 Å². The summed E-state index contributed by atoms with van der Waals surface area (Å²) in [5, 5.41) is 2.49. The van der Waals surface area contributed by atoms with Gasteiger partial charge in [-0.2, -0.15) is 13.2 Å². The van der Waals surface area contributed by atoms with Crippen LogP contribution in [0.15, 0.2) is 54.9 Å². The van der Waals surface area contributed by atoms with Crippen LogP contribution in [0, 0.1) is 11.6 Å². The number of anilines is 1. The molecule has 0 aliphatic carbocycles. The van der Waals surface area contributed by atoms with Gasteiger partial charge in [0.2, 0.25) is 0 Å². The van der Waals surface area contributed by atoms with Gasteiger partial charge in [-0.05, 0) is 47.5 Å². The average Bonchev–Trinajstić information content (AvgIpc) is 2.76. The predicted octanol–water partition coefficient (Wildman–Crippen LogP) is 5.62. The van der Waals surface area contributed by atoms with Gasteiger partial charge in [0.1, 0.15) is 35.3 Å². The smallest absolute Gasteiger partial charge is 0.405 e. The summed E-state index contributed by atoms with van der Waals surface area (Å²) in [5.74, 6) is -1.36. The molecule has 4 rings (SSSR count). The molecular formula is C22H15F5N4O. The molecule has 0 radical (unpaired) electrons. The van der Waals surface area contributed by atoms with Crippen LogP contribution in [-0.4, -0.2) is 34.8 Å². The number of fused-ring (bicyclic) bond motifs is 1. The van der Waals surface area contributed by atoms with E-state index in [0.717, 1.165) is 18.2 Å². The number of pyridine rings is 1. The number of alkyl halides is 3. The summed E-state index contributed by atoms with van der Waals surface area (Å²) in [7, 11) is 1.36. The molecule has 0 amide bonds. The second-order valence-electron chi connectivity index (χ2n) is 6.84. The van der Waals surface area contributed by atoms with E-state index in [1.165, 1.54) is 25.4 Å². The highest BCUT2D eigenvalue weighted by Gasteiger charge is 2.28. The summed E-state index contributed by atoms with van der Waals surface area (Å²) in [5.41, 5.74) is 1.22. The fourth-order valence-corrected chi connectivity index (χ4v) is 3.19. The number of nitrogens with zero attached hydrogens (tertiary/aromatic N) is 3. The predicted molar refractivity (Wildman–Crippen MR) is 109 cm³/mol. The minimum absolute atomic E-state index is 0.108. The third-order valence-corrected chi connectivity index (χ3v) is 4.56. The van der Waals surface area contributed by atoms with Gasteiger partial charge in [0.05, 0.1) is 7.11 Å². The maximum atomic E-state index is 13.7. The van der Waals surface area contributed by atoms with E-state index >= 15 is 0 Å². The molecule has 0 unspecified atom stereocenters. The van der Waals surface area contributed by atoms with Gasteiger partial charge in [-0.1, -0.05) is 0 Å². The van der Waals surface area contributed by atoms with Crippen LogP contribution >= 0.6 is 0 Å². The molecule has 32 heavy (non-hydrogen) atoms. The Hall–Kier alpha value is -3.82. The molecule has 0 saturated heterocycles. The number of rotatable bonds is 5. The molecule has 4 aromatic rings. The van der Waals surface area contributed by atoms with Crippen molar-refractivity contribution in [2.45, 2.75) is 6.18 Å². The van der Waals surface area contributed by atoms with Crippen LogP contribution in [0.25, 0.3) is 33.4 Å². The lowest BCUT2D eigenvalue weighted by molar-refractivity contribution is -0.115. The summed E-state index contributed by atoms with van der Waals surface area (Å²) >= 11 is 0. The van der Waals surface area contributed by atoms with Crippen molar-refractivity contribution < 1.29 is 26.7 Å². The molecule has 164 valence electrons. The maximum absolute atomic E-state index is 13.7. The summed E-state index contributed by atoms with van der Waals surface area (Å²) in [6.45, 7) is -1.34. The second kappa shape index (κ2) is 8.37. The zero-order valence-corrected chi connectivity index (χ0v) is 16.5. The first-order chi connectivity index (χ1) is 15.2. The van der Waals surface area contributed by atoms with Crippen molar-refractivity contribution in [3.8, 4) is 28.3 Å². The minimum atomic E-state index is -4.50. The molecular weight excluding hydrogens is 431 g/mol. The van der Waals surface area contributed by atoms with E-state index in [1.54, 1.807) is 18.3 Å². The Morgan fingerprint density at radius 2 is 1.66 bits per heavy atom. The largest absolute Gasteiger partial charge is 0.494 e.